The normalized spacial score (nSPS) is 10.1. The minimum Gasteiger partial charge on any atom is -0.493 e. The van der Waals surface area contributed by atoms with Crippen molar-refractivity contribution < 1.29 is 9.53 Å². The van der Waals surface area contributed by atoms with Crippen LogP contribution in [0.1, 0.15) is 48.5 Å². The summed E-state index contributed by atoms with van der Waals surface area (Å²) in [5, 5.41) is 11.8. The summed E-state index contributed by atoms with van der Waals surface area (Å²) >= 11 is 3.40. The van der Waals surface area contributed by atoms with Crippen molar-refractivity contribution in [2.24, 2.45) is 0 Å². The number of ether oxygens (including phenoxy) is 1. The Bertz CT molecular complexity index is 769. The van der Waals surface area contributed by atoms with E-state index in [1.807, 2.05) is 6.07 Å². The molecule has 5 heteroatoms. The maximum atomic E-state index is 12.6. The van der Waals surface area contributed by atoms with E-state index in [0.29, 0.717) is 29.2 Å². The van der Waals surface area contributed by atoms with Gasteiger partial charge in [-0.25, -0.2) is 0 Å². The van der Waals surface area contributed by atoms with Crippen LogP contribution in [-0.2, 0) is 0 Å². The molecule has 0 aromatic heterocycles. The van der Waals surface area contributed by atoms with Gasteiger partial charge in [0.15, 0.2) is 0 Å². The van der Waals surface area contributed by atoms with Gasteiger partial charge >= 0.3 is 0 Å². The average molecular weight is 401 g/mol. The molecule has 130 valence electrons. The van der Waals surface area contributed by atoms with E-state index < -0.39 is 0 Å². The van der Waals surface area contributed by atoms with E-state index in [1.165, 1.54) is 12.8 Å². The summed E-state index contributed by atoms with van der Waals surface area (Å²) in [5.41, 5.74) is 1.55. The Labute approximate surface area is 156 Å². The summed E-state index contributed by atoms with van der Waals surface area (Å²) in [6, 6.07) is 14.3. The highest BCUT2D eigenvalue weighted by Gasteiger charge is 2.14. The number of amides is 1. The van der Waals surface area contributed by atoms with Crippen LogP contribution in [-0.4, -0.2) is 12.5 Å². The second-order valence-electron chi connectivity index (χ2n) is 5.70. The summed E-state index contributed by atoms with van der Waals surface area (Å²) < 4.78 is 6.62. The lowest BCUT2D eigenvalue weighted by Crippen LogP contribution is -2.14. The first kappa shape index (κ1) is 19.0. The quantitative estimate of drug-likeness (QED) is 0.592. The van der Waals surface area contributed by atoms with Gasteiger partial charge < -0.3 is 10.1 Å². The van der Waals surface area contributed by atoms with E-state index in [-0.39, 0.29) is 5.91 Å². The smallest absolute Gasteiger partial charge is 0.259 e. The largest absolute Gasteiger partial charge is 0.493 e. The number of hydrogen-bond acceptors (Lipinski definition) is 3. The van der Waals surface area contributed by atoms with E-state index in [9.17, 15) is 4.79 Å². The Balaban J connectivity index is 2.09. The molecule has 0 saturated carbocycles. The standard InChI is InChI=1S/C20H21BrN2O2/c1-2-3-4-5-11-25-19-10-9-16(21)13-18(19)20(24)23-17-8-6-7-15(12-17)14-22/h6-10,12-13H,2-5,11H2,1H3,(H,23,24). The molecule has 2 aromatic rings. The van der Waals surface area contributed by atoms with Crippen LogP contribution < -0.4 is 10.1 Å². The summed E-state index contributed by atoms with van der Waals surface area (Å²) in [6.07, 6.45) is 4.45. The number of anilines is 1. The van der Waals surface area contributed by atoms with E-state index in [1.54, 1.807) is 36.4 Å². The van der Waals surface area contributed by atoms with Crippen molar-refractivity contribution in [3.05, 3.63) is 58.1 Å². The molecule has 25 heavy (non-hydrogen) atoms. The first-order valence-electron chi connectivity index (χ1n) is 8.38. The van der Waals surface area contributed by atoms with E-state index in [4.69, 9.17) is 10.00 Å². The number of rotatable bonds is 8. The van der Waals surface area contributed by atoms with Gasteiger partial charge in [-0.05, 0) is 42.8 Å². The lowest BCUT2D eigenvalue weighted by molar-refractivity contribution is 0.102. The van der Waals surface area contributed by atoms with E-state index >= 15 is 0 Å². The zero-order valence-corrected chi connectivity index (χ0v) is 15.8. The maximum Gasteiger partial charge on any atom is 0.259 e. The Morgan fingerprint density at radius 3 is 2.80 bits per heavy atom. The molecule has 0 bridgehead atoms. The molecule has 0 spiro atoms. The lowest BCUT2D eigenvalue weighted by Gasteiger charge is -2.12. The summed E-state index contributed by atoms with van der Waals surface area (Å²) in [6.45, 7) is 2.76. The number of carbonyl (C=O) groups is 1. The molecule has 4 nitrogen and oxygen atoms in total. The van der Waals surface area contributed by atoms with Crippen LogP contribution in [0.5, 0.6) is 5.75 Å². The molecule has 0 radical (unpaired) electrons. The van der Waals surface area contributed by atoms with Crippen molar-refractivity contribution in [3.63, 3.8) is 0 Å². The van der Waals surface area contributed by atoms with Crippen molar-refractivity contribution in [2.45, 2.75) is 32.6 Å². The molecular formula is C20H21BrN2O2. The Morgan fingerprint density at radius 2 is 2.04 bits per heavy atom. The van der Waals surface area contributed by atoms with Crippen molar-refractivity contribution in [1.82, 2.24) is 0 Å². The van der Waals surface area contributed by atoms with Gasteiger partial charge in [0.25, 0.3) is 5.91 Å². The van der Waals surface area contributed by atoms with Gasteiger partial charge in [0, 0.05) is 10.2 Å². The molecule has 0 unspecified atom stereocenters. The molecule has 1 amide bonds. The summed E-state index contributed by atoms with van der Waals surface area (Å²) in [4.78, 5) is 12.6. The highest BCUT2D eigenvalue weighted by atomic mass is 79.9. The monoisotopic (exact) mass is 400 g/mol. The minimum absolute atomic E-state index is 0.264. The molecular weight excluding hydrogens is 380 g/mol. The highest BCUT2D eigenvalue weighted by molar-refractivity contribution is 9.10. The van der Waals surface area contributed by atoms with Gasteiger partial charge in [-0.2, -0.15) is 5.26 Å². The zero-order chi connectivity index (χ0) is 18.1. The molecule has 2 rings (SSSR count). The molecule has 0 saturated heterocycles. The zero-order valence-electron chi connectivity index (χ0n) is 14.2. The maximum absolute atomic E-state index is 12.6. The third-order valence-corrected chi connectivity index (χ3v) is 4.18. The van der Waals surface area contributed by atoms with Crippen LogP contribution >= 0.6 is 15.9 Å². The first-order chi connectivity index (χ1) is 12.1. The van der Waals surface area contributed by atoms with Crippen LogP contribution in [0.4, 0.5) is 5.69 Å². The molecule has 0 atom stereocenters. The number of halogens is 1. The second-order valence-corrected chi connectivity index (χ2v) is 6.61. The fourth-order valence-electron chi connectivity index (χ4n) is 2.38. The van der Waals surface area contributed by atoms with Crippen molar-refractivity contribution in [2.75, 3.05) is 11.9 Å². The number of carbonyl (C=O) groups excluding carboxylic acids is 1. The number of nitrogens with zero attached hydrogens (tertiary/aromatic N) is 1. The fourth-order valence-corrected chi connectivity index (χ4v) is 2.74. The van der Waals surface area contributed by atoms with Crippen molar-refractivity contribution in [1.29, 1.82) is 5.26 Å². The van der Waals surface area contributed by atoms with Gasteiger partial charge in [0.2, 0.25) is 0 Å². The highest BCUT2D eigenvalue weighted by Crippen LogP contribution is 2.25. The van der Waals surface area contributed by atoms with Gasteiger partial charge in [-0.15, -0.1) is 0 Å². The van der Waals surface area contributed by atoms with Crippen LogP contribution in [0, 0.1) is 11.3 Å². The molecule has 0 fully saturated rings. The summed E-state index contributed by atoms with van der Waals surface area (Å²) in [7, 11) is 0. The SMILES string of the molecule is CCCCCCOc1ccc(Br)cc1C(=O)Nc1cccc(C#N)c1. The van der Waals surface area contributed by atoms with Crippen molar-refractivity contribution >= 4 is 27.5 Å². The number of nitriles is 1. The molecule has 0 aliphatic rings. The van der Waals surface area contributed by atoms with Gasteiger partial charge in [0.05, 0.1) is 23.8 Å². The lowest BCUT2D eigenvalue weighted by atomic mass is 10.1. The van der Waals surface area contributed by atoms with Crippen LogP contribution in [0.25, 0.3) is 0 Å². The minimum atomic E-state index is -0.264. The Morgan fingerprint density at radius 1 is 1.20 bits per heavy atom. The Kier molecular flexibility index (Phi) is 7.49. The fraction of sp³-hybridized carbons (Fsp3) is 0.300. The number of benzene rings is 2. The van der Waals surface area contributed by atoms with Crippen LogP contribution in [0.3, 0.4) is 0 Å². The molecule has 0 heterocycles. The first-order valence-corrected chi connectivity index (χ1v) is 9.17. The molecule has 1 N–H and O–H groups in total. The second kappa shape index (κ2) is 9.85. The van der Waals surface area contributed by atoms with Crippen LogP contribution in [0.2, 0.25) is 0 Å². The number of hydrogen-bond donors (Lipinski definition) is 1. The predicted octanol–water partition coefficient (Wildman–Crippen LogP) is 5.53. The van der Waals surface area contributed by atoms with E-state index in [2.05, 4.69) is 34.2 Å². The van der Waals surface area contributed by atoms with Crippen molar-refractivity contribution in [3.8, 4) is 11.8 Å². The van der Waals surface area contributed by atoms with Gasteiger partial charge in [0.1, 0.15) is 5.75 Å². The number of unbranched alkanes of at least 4 members (excludes halogenated alkanes) is 3. The molecule has 0 aliphatic heterocycles. The third-order valence-electron chi connectivity index (χ3n) is 3.69. The topological polar surface area (TPSA) is 62.1 Å². The predicted molar refractivity (Wildman–Crippen MR) is 103 cm³/mol. The average Bonchev–Trinajstić information content (AvgIpc) is 2.62. The van der Waals surface area contributed by atoms with Gasteiger partial charge in [-0.1, -0.05) is 48.2 Å². The molecule has 0 aliphatic carbocycles. The molecule has 2 aromatic carbocycles. The van der Waals surface area contributed by atoms with Gasteiger partial charge in [-0.3, -0.25) is 4.79 Å². The Hall–Kier alpha value is -2.32. The summed E-state index contributed by atoms with van der Waals surface area (Å²) in [5.74, 6) is 0.300. The van der Waals surface area contributed by atoms with E-state index in [0.717, 1.165) is 17.3 Å². The number of nitrogens with one attached hydrogen (secondary N) is 1. The third kappa shape index (κ3) is 5.91. The van der Waals surface area contributed by atoms with Crippen LogP contribution in [0.15, 0.2) is 46.9 Å².